The number of H-pyrrole nitrogens is 1. The number of carbonyl (C=O) groups excluding carboxylic acids is 1. The topological polar surface area (TPSA) is 61.5 Å². The van der Waals surface area contributed by atoms with Gasteiger partial charge in [-0.05, 0) is 14.0 Å². The van der Waals surface area contributed by atoms with E-state index in [1.54, 1.807) is 0 Å². The third kappa shape index (κ3) is 2.41. The predicted molar refractivity (Wildman–Crippen MR) is 64.0 cm³/mol. The standard InChI is InChI=1S/C11H18N4O2/c1-8-6-10(13-12-8)15-5-4-14(2)9(7-15)11(16)17-3/h6,9H,4-5,7H2,1-3H3,(H,12,13). The van der Waals surface area contributed by atoms with Crippen LogP contribution in [0, 0.1) is 6.92 Å². The summed E-state index contributed by atoms with van der Waals surface area (Å²) in [6.45, 7) is 4.28. The quantitative estimate of drug-likeness (QED) is 0.736. The highest BCUT2D eigenvalue weighted by molar-refractivity contribution is 5.76. The highest BCUT2D eigenvalue weighted by Gasteiger charge is 2.31. The number of esters is 1. The molecule has 1 aromatic rings. The maximum Gasteiger partial charge on any atom is 0.324 e. The molecule has 0 spiro atoms. The molecule has 2 heterocycles. The number of aromatic nitrogens is 2. The second-order valence-corrected chi connectivity index (χ2v) is 4.37. The van der Waals surface area contributed by atoms with Crippen LogP contribution in [0.1, 0.15) is 5.69 Å². The number of likely N-dealkylation sites (N-methyl/N-ethyl adjacent to an activating group) is 1. The maximum atomic E-state index is 11.6. The summed E-state index contributed by atoms with van der Waals surface area (Å²) in [6.07, 6.45) is 0. The number of aryl methyl sites for hydroxylation is 1. The molecule has 0 aliphatic carbocycles. The van der Waals surface area contributed by atoms with Gasteiger partial charge in [-0.2, -0.15) is 5.10 Å². The van der Waals surface area contributed by atoms with Gasteiger partial charge in [0.25, 0.3) is 0 Å². The van der Waals surface area contributed by atoms with Crippen LogP contribution >= 0.6 is 0 Å². The van der Waals surface area contributed by atoms with Gasteiger partial charge in [0.05, 0.1) is 7.11 Å². The van der Waals surface area contributed by atoms with E-state index in [-0.39, 0.29) is 12.0 Å². The summed E-state index contributed by atoms with van der Waals surface area (Å²) in [7, 11) is 3.36. The minimum absolute atomic E-state index is 0.190. The lowest BCUT2D eigenvalue weighted by Crippen LogP contribution is -2.55. The lowest BCUT2D eigenvalue weighted by atomic mass is 10.2. The number of nitrogens with one attached hydrogen (secondary N) is 1. The van der Waals surface area contributed by atoms with Gasteiger partial charge in [-0.3, -0.25) is 14.8 Å². The van der Waals surface area contributed by atoms with Gasteiger partial charge >= 0.3 is 5.97 Å². The predicted octanol–water partition coefficient (Wildman–Crippen LogP) is 0.0115. The molecule has 6 heteroatoms. The molecule has 0 radical (unpaired) electrons. The Labute approximate surface area is 101 Å². The summed E-state index contributed by atoms with van der Waals surface area (Å²) >= 11 is 0. The molecule has 1 atom stereocenters. The van der Waals surface area contributed by atoms with Crippen molar-refractivity contribution in [2.45, 2.75) is 13.0 Å². The Hall–Kier alpha value is -1.56. The molecule has 94 valence electrons. The number of nitrogens with zero attached hydrogens (tertiary/aromatic N) is 3. The van der Waals surface area contributed by atoms with Crippen LogP contribution in [-0.2, 0) is 9.53 Å². The van der Waals surface area contributed by atoms with E-state index in [0.29, 0.717) is 6.54 Å². The molecule has 0 saturated carbocycles. The highest BCUT2D eigenvalue weighted by atomic mass is 16.5. The first-order valence-electron chi connectivity index (χ1n) is 5.67. The smallest absolute Gasteiger partial charge is 0.324 e. The molecule has 1 fully saturated rings. The number of anilines is 1. The third-order valence-corrected chi connectivity index (χ3v) is 3.14. The van der Waals surface area contributed by atoms with Crippen molar-refractivity contribution in [3.63, 3.8) is 0 Å². The van der Waals surface area contributed by atoms with Gasteiger partial charge in [0, 0.05) is 31.4 Å². The Kier molecular flexibility index (Phi) is 3.33. The lowest BCUT2D eigenvalue weighted by molar-refractivity contribution is -0.146. The van der Waals surface area contributed by atoms with E-state index in [0.717, 1.165) is 24.6 Å². The Morgan fingerprint density at radius 3 is 2.94 bits per heavy atom. The zero-order valence-electron chi connectivity index (χ0n) is 10.4. The first-order valence-corrected chi connectivity index (χ1v) is 5.67. The number of methoxy groups -OCH3 is 1. The summed E-state index contributed by atoms with van der Waals surface area (Å²) in [5.41, 5.74) is 1.02. The molecular formula is C11H18N4O2. The summed E-state index contributed by atoms with van der Waals surface area (Å²) in [5.74, 6) is 0.703. The van der Waals surface area contributed by atoms with E-state index in [1.165, 1.54) is 7.11 Å². The van der Waals surface area contributed by atoms with Crippen LogP contribution in [0.15, 0.2) is 6.07 Å². The fourth-order valence-corrected chi connectivity index (χ4v) is 2.04. The highest BCUT2D eigenvalue weighted by Crippen LogP contribution is 2.17. The maximum absolute atomic E-state index is 11.6. The Morgan fingerprint density at radius 1 is 1.59 bits per heavy atom. The molecule has 1 aliphatic rings. The molecule has 6 nitrogen and oxygen atoms in total. The first-order chi connectivity index (χ1) is 8.11. The Bertz CT molecular complexity index is 404. The number of carbonyl (C=O) groups is 1. The molecule has 0 aromatic carbocycles. The molecule has 1 unspecified atom stereocenters. The van der Waals surface area contributed by atoms with Crippen LogP contribution in [0.4, 0.5) is 5.82 Å². The normalized spacial score (nSPS) is 21.6. The van der Waals surface area contributed by atoms with Crippen molar-refractivity contribution in [1.82, 2.24) is 15.1 Å². The third-order valence-electron chi connectivity index (χ3n) is 3.14. The Balaban J connectivity index is 2.10. The van der Waals surface area contributed by atoms with E-state index < -0.39 is 0 Å². The SMILES string of the molecule is COC(=O)C1CN(c2cc(C)[nH]n2)CCN1C. The van der Waals surface area contributed by atoms with Gasteiger partial charge in [0.2, 0.25) is 0 Å². The summed E-state index contributed by atoms with van der Waals surface area (Å²) < 4.78 is 4.81. The van der Waals surface area contributed by atoms with Crippen molar-refractivity contribution in [2.24, 2.45) is 0 Å². The van der Waals surface area contributed by atoms with Crippen LogP contribution in [0.2, 0.25) is 0 Å². The zero-order valence-corrected chi connectivity index (χ0v) is 10.4. The summed E-state index contributed by atoms with van der Waals surface area (Å²) in [5, 5.41) is 7.13. The Morgan fingerprint density at radius 2 is 2.35 bits per heavy atom. The van der Waals surface area contributed by atoms with E-state index in [2.05, 4.69) is 15.1 Å². The molecule has 1 N–H and O–H groups in total. The molecule has 0 amide bonds. The van der Waals surface area contributed by atoms with Crippen molar-refractivity contribution < 1.29 is 9.53 Å². The van der Waals surface area contributed by atoms with Crippen LogP contribution in [0.3, 0.4) is 0 Å². The average Bonchev–Trinajstić information content (AvgIpc) is 2.75. The van der Waals surface area contributed by atoms with E-state index in [1.807, 2.05) is 24.9 Å². The van der Waals surface area contributed by atoms with Crippen LogP contribution in [-0.4, -0.2) is 60.9 Å². The van der Waals surface area contributed by atoms with Gasteiger partial charge < -0.3 is 9.64 Å². The van der Waals surface area contributed by atoms with Crippen LogP contribution in [0.5, 0.6) is 0 Å². The minimum atomic E-state index is -0.217. The molecule has 1 aliphatic heterocycles. The molecule has 2 rings (SSSR count). The fourth-order valence-electron chi connectivity index (χ4n) is 2.04. The number of hydrogen-bond donors (Lipinski definition) is 1. The summed E-state index contributed by atoms with van der Waals surface area (Å²) in [4.78, 5) is 15.8. The van der Waals surface area contributed by atoms with Gasteiger partial charge in [0.15, 0.2) is 5.82 Å². The molecule has 0 bridgehead atoms. The number of rotatable bonds is 2. The zero-order chi connectivity index (χ0) is 12.4. The molecule has 17 heavy (non-hydrogen) atoms. The minimum Gasteiger partial charge on any atom is -0.468 e. The number of ether oxygens (including phenoxy) is 1. The van der Waals surface area contributed by atoms with Gasteiger partial charge in [0.1, 0.15) is 6.04 Å². The number of hydrogen-bond acceptors (Lipinski definition) is 5. The van der Waals surface area contributed by atoms with Crippen LogP contribution in [0.25, 0.3) is 0 Å². The van der Waals surface area contributed by atoms with Crippen molar-refractivity contribution in [2.75, 3.05) is 38.7 Å². The van der Waals surface area contributed by atoms with Gasteiger partial charge in [-0.15, -0.1) is 0 Å². The van der Waals surface area contributed by atoms with E-state index >= 15 is 0 Å². The van der Waals surface area contributed by atoms with Gasteiger partial charge in [-0.1, -0.05) is 0 Å². The van der Waals surface area contributed by atoms with Crippen molar-refractivity contribution in [1.29, 1.82) is 0 Å². The average molecular weight is 238 g/mol. The molecular weight excluding hydrogens is 220 g/mol. The second kappa shape index (κ2) is 4.75. The van der Waals surface area contributed by atoms with Crippen molar-refractivity contribution in [3.05, 3.63) is 11.8 Å². The van der Waals surface area contributed by atoms with Gasteiger partial charge in [-0.25, -0.2) is 0 Å². The fraction of sp³-hybridized carbons (Fsp3) is 0.636. The first kappa shape index (κ1) is 11.9. The van der Waals surface area contributed by atoms with E-state index in [9.17, 15) is 4.79 Å². The lowest BCUT2D eigenvalue weighted by Gasteiger charge is -2.37. The number of piperazine rings is 1. The number of aromatic amines is 1. The second-order valence-electron chi connectivity index (χ2n) is 4.37. The van der Waals surface area contributed by atoms with Crippen LogP contribution < -0.4 is 4.90 Å². The summed E-state index contributed by atoms with van der Waals surface area (Å²) in [6, 6.07) is 1.77. The molecule has 1 aromatic heterocycles. The van der Waals surface area contributed by atoms with Crippen molar-refractivity contribution >= 4 is 11.8 Å². The van der Waals surface area contributed by atoms with E-state index in [4.69, 9.17) is 4.74 Å². The largest absolute Gasteiger partial charge is 0.468 e. The monoisotopic (exact) mass is 238 g/mol. The molecule has 1 saturated heterocycles. The van der Waals surface area contributed by atoms with Crippen molar-refractivity contribution in [3.8, 4) is 0 Å².